The van der Waals surface area contributed by atoms with Gasteiger partial charge in [-0.05, 0) is 56.2 Å². The Morgan fingerprint density at radius 3 is 2.61 bits per heavy atom. The molecule has 0 unspecified atom stereocenters. The van der Waals surface area contributed by atoms with Gasteiger partial charge in [0.25, 0.3) is 0 Å². The Balaban J connectivity index is 1.89. The highest BCUT2D eigenvalue weighted by molar-refractivity contribution is 7.18. The Bertz CT molecular complexity index is 868. The number of rotatable bonds is 4. The number of aryl methyl sites for hydroxylation is 2. The summed E-state index contributed by atoms with van der Waals surface area (Å²) in [5.41, 5.74) is 6.19. The second-order valence-corrected chi connectivity index (χ2v) is 6.43. The number of hydrogen-bond acceptors (Lipinski definition) is 6. The maximum absolute atomic E-state index is 5.17. The van der Waals surface area contributed by atoms with Crippen LogP contribution in [0, 0.1) is 13.8 Å². The fraction of sp³-hybridized carbons (Fsp3) is 0.235. The molecule has 0 spiro atoms. The van der Waals surface area contributed by atoms with E-state index in [1.165, 1.54) is 10.4 Å². The summed E-state index contributed by atoms with van der Waals surface area (Å²) in [6.07, 6.45) is 1.57. The molecule has 6 heteroatoms. The second-order valence-electron chi connectivity index (χ2n) is 5.22. The van der Waals surface area contributed by atoms with E-state index in [2.05, 4.69) is 34.3 Å². The first kappa shape index (κ1) is 15.4. The molecule has 0 aliphatic heterocycles. The minimum atomic E-state index is 0.740. The summed E-state index contributed by atoms with van der Waals surface area (Å²) in [6.45, 7) is 6.14. The number of benzene rings is 1. The summed E-state index contributed by atoms with van der Waals surface area (Å²) in [5.74, 6) is 1.57. The van der Waals surface area contributed by atoms with Gasteiger partial charge in [0, 0.05) is 4.88 Å². The Kier molecular flexibility index (Phi) is 4.25. The van der Waals surface area contributed by atoms with Crippen molar-refractivity contribution >= 4 is 33.1 Å². The average Bonchev–Trinajstić information content (AvgIpc) is 2.88. The van der Waals surface area contributed by atoms with E-state index >= 15 is 0 Å². The third-order valence-electron chi connectivity index (χ3n) is 3.80. The van der Waals surface area contributed by atoms with E-state index in [0.29, 0.717) is 0 Å². The van der Waals surface area contributed by atoms with Gasteiger partial charge in [-0.3, -0.25) is 5.43 Å². The van der Waals surface area contributed by atoms with Crippen molar-refractivity contribution in [1.82, 2.24) is 9.97 Å². The van der Waals surface area contributed by atoms with Crippen molar-refractivity contribution in [3.63, 3.8) is 0 Å². The van der Waals surface area contributed by atoms with Crippen molar-refractivity contribution in [1.29, 1.82) is 0 Å². The smallest absolute Gasteiger partial charge is 0.158 e. The van der Waals surface area contributed by atoms with Crippen LogP contribution in [0.4, 0.5) is 5.82 Å². The highest BCUT2D eigenvalue weighted by Crippen LogP contribution is 2.32. The zero-order valence-corrected chi connectivity index (χ0v) is 14.4. The minimum absolute atomic E-state index is 0.740. The van der Waals surface area contributed by atoms with E-state index in [1.54, 1.807) is 24.8 Å². The Morgan fingerprint density at radius 1 is 1.17 bits per heavy atom. The third-order valence-corrected chi connectivity index (χ3v) is 4.92. The standard InChI is InChI=1S/C17H18N4OS/c1-10-12(3)23-17-15(10)16(18-9-19-17)21-20-11(2)13-5-7-14(22-4)8-6-13/h5-9H,1-4H3,(H,18,19,21)/b20-11+. The normalized spacial score (nSPS) is 11.7. The summed E-state index contributed by atoms with van der Waals surface area (Å²) < 4.78 is 5.17. The maximum Gasteiger partial charge on any atom is 0.158 e. The maximum atomic E-state index is 5.17. The van der Waals surface area contributed by atoms with Crippen LogP contribution in [-0.2, 0) is 0 Å². The number of fused-ring (bicyclic) bond motifs is 1. The van der Waals surface area contributed by atoms with Gasteiger partial charge in [0.2, 0.25) is 0 Å². The molecule has 1 aromatic carbocycles. The topological polar surface area (TPSA) is 59.4 Å². The van der Waals surface area contributed by atoms with Crippen LogP contribution in [-0.4, -0.2) is 22.8 Å². The van der Waals surface area contributed by atoms with Crippen molar-refractivity contribution < 1.29 is 4.74 Å². The summed E-state index contributed by atoms with van der Waals surface area (Å²) in [7, 11) is 1.66. The van der Waals surface area contributed by atoms with E-state index in [4.69, 9.17) is 4.74 Å². The van der Waals surface area contributed by atoms with Gasteiger partial charge >= 0.3 is 0 Å². The fourth-order valence-electron chi connectivity index (χ4n) is 2.30. The molecule has 118 valence electrons. The number of hydrazone groups is 1. The van der Waals surface area contributed by atoms with Crippen molar-refractivity contribution in [2.75, 3.05) is 12.5 Å². The lowest BCUT2D eigenvalue weighted by Crippen LogP contribution is -2.01. The molecule has 2 heterocycles. The van der Waals surface area contributed by atoms with Gasteiger partial charge in [0.05, 0.1) is 18.2 Å². The molecule has 2 aromatic heterocycles. The number of ether oxygens (including phenoxy) is 1. The predicted octanol–water partition coefficient (Wildman–Crippen LogP) is 4.15. The van der Waals surface area contributed by atoms with Crippen LogP contribution in [0.3, 0.4) is 0 Å². The second kappa shape index (κ2) is 6.34. The number of nitrogens with one attached hydrogen (secondary N) is 1. The molecular weight excluding hydrogens is 308 g/mol. The van der Waals surface area contributed by atoms with Gasteiger partial charge in [-0.25, -0.2) is 9.97 Å². The van der Waals surface area contributed by atoms with E-state index in [0.717, 1.165) is 33.1 Å². The Morgan fingerprint density at radius 2 is 1.91 bits per heavy atom. The first-order chi connectivity index (χ1) is 11.1. The van der Waals surface area contributed by atoms with Crippen molar-refractivity contribution in [3.05, 3.63) is 46.6 Å². The largest absolute Gasteiger partial charge is 0.497 e. The summed E-state index contributed by atoms with van der Waals surface area (Å²) >= 11 is 1.67. The Labute approximate surface area is 139 Å². The molecule has 3 aromatic rings. The molecule has 0 saturated carbocycles. The van der Waals surface area contributed by atoms with Crippen LogP contribution in [0.15, 0.2) is 35.7 Å². The van der Waals surface area contributed by atoms with Crippen LogP contribution in [0.5, 0.6) is 5.75 Å². The van der Waals surface area contributed by atoms with E-state index < -0.39 is 0 Å². The molecular formula is C17H18N4OS. The lowest BCUT2D eigenvalue weighted by atomic mass is 10.1. The first-order valence-electron chi connectivity index (χ1n) is 7.25. The monoisotopic (exact) mass is 326 g/mol. The lowest BCUT2D eigenvalue weighted by Gasteiger charge is -2.05. The van der Waals surface area contributed by atoms with Crippen LogP contribution in [0.1, 0.15) is 22.9 Å². The average molecular weight is 326 g/mol. The van der Waals surface area contributed by atoms with E-state index in [-0.39, 0.29) is 0 Å². The molecule has 0 aliphatic carbocycles. The zero-order valence-electron chi connectivity index (χ0n) is 13.5. The van der Waals surface area contributed by atoms with Gasteiger partial charge < -0.3 is 4.74 Å². The van der Waals surface area contributed by atoms with Crippen LogP contribution in [0.2, 0.25) is 0 Å². The predicted molar refractivity (Wildman–Crippen MR) is 95.7 cm³/mol. The molecule has 0 saturated heterocycles. The number of nitrogens with zero attached hydrogens (tertiary/aromatic N) is 3. The van der Waals surface area contributed by atoms with Crippen LogP contribution in [0.25, 0.3) is 10.2 Å². The SMILES string of the molecule is COc1ccc(/C(C)=N/Nc2ncnc3sc(C)c(C)c23)cc1. The number of hydrogen-bond donors (Lipinski definition) is 1. The summed E-state index contributed by atoms with van der Waals surface area (Å²) in [6, 6.07) is 7.80. The molecule has 23 heavy (non-hydrogen) atoms. The van der Waals surface area contributed by atoms with E-state index in [1.807, 2.05) is 31.2 Å². The summed E-state index contributed by atoms with van der Waals surface area (Å²) in [4.78, 5) is 10.9. The molecule has 3 rings (SSSR count). The fourth-order valence-corrected chi connectivity index (χ4v) is 3.30. The van der Waals surface area contributed by atoms with Gasteiger partial charge in [-0.2, -0.15) is 5.10 Å². The quantitative estimate of drug-likeness (QED) is 0.578. The summed E-state index contributed by atoms with van der Waals surface area (Å²) in [5, 5.41) is 5.50. The van der Waals surface area contributed by atoms with E-state index in [9.17, 15) is 0 Å². The van der Waals surface area contributed by atoms with Crippen molar-refractivity contribution in [2.24, 2.45) is 5.10 Å². The number of methoxy groups -OCH3 is 1. The highest BCUT2D eigenvalue weighted by Gasteiger charge is 2.11. The third kappa shape index (κ3) is 3.03. The van der Waals surface area contributed by atoms with Crippen LogP contribution >= 0.6 is 11.3 Å². The molecule has 0 radical (unpaired) electrons. The molecule has 0 bridgehead atoms. The first-order valence-corrected chi connectivity index (χ1v) is 8.07. The Hall–Kier alpha value is -2.47. The molecule has 0 fully saturated rings. The molecule has 5 nitrogen and oxygen atoms in total. The van der Waals surface area contributed by atoms with Crippen LogP contribution < -0.4 is 10.2 Å². The van der Waals surface area contributed by atoms with Gasteiger partial charge in [0.1, 0.15) is 16.9 Å². The van der Waals surface area contributed by atoms with Gasteiger partial charge in [0.15, 0.2) is 5.82 Å². The number of anilines is 1. The molecule has 1 N–H and O–H groups in total. The zero-order chi connectivity index (χ0) is 16.4. The number of thiophene rings is 1. The molecule has 0 atom stereocenters. The van der Waals surface area contributed by atoms with Crippen molar-refractivity contribution in [2.45, 2.75) is 20.8 Å². The molecule has 0 aliphatic rings. The number of aromatic nitrogens is 2. The van der Waals surface area contributed by atoms with Gasteiger partial charge in [-0.15, -0.1) is 11.3 Å². The van der Waals surface area contributed by atoms with Crippen molar-refractivity contribution in [3.8, 4) is 5.75 Å². The molecule has 0 amide bonds. The van der Waals surface area contributed by atoms with Gasteiger partial charge in [-0.1, -0.05) is 0 Å². The highest BCUT2D eigenvalue weighted by atomic mass is 32.1. The minimum Gasteiger partial charge on any atom is -0.497 e. The lowest BCUT2D eigenvalue weighted by molar-refractivity contribution is 0.415.